The van der Waals surface area contributed by atoms with Crippen LogP contribution in [0.3, 0.4) is 0 Å². The van der Waals surface area contributed by atoms with Crippen LogP contribution in [0.1, 0.15) is 5.56 Å². The van der Waals surface area contributed by atoms with Crippen LogP contribution in [0.25, 0.3) is 0 Å². The fourth-order valence-corrected chi connectivity index (χ4v) is 2.28. The Labute approximate surface area is 103 Å². The van der Waals surface area contributed by atoms with Gasteiger partial charge in [-0.15, -0.1) is 0 Å². The summed E-state index contributed by atoms with van der Waals surface area (Å²) in [4.78, 5) is 6.21. The standard InChI is InChI=1S/C11H12ClN3S/c1-15(6-8-4-5-16-7-8)11-9(13)2-3-10(12)14-11/h2-5,7H,6,13H2,1H3. The van der Waals surface area contributed by atoms with Gasteiger partial charge in [0.15, 0.2) is 5.82 Å². The van der Waals surface area contributed by atoms with Crippen molar-refractivity contribution in [1.29, 1.82) is 0 Å². The number of aromatic nitrogens is 1. The van der Waals surface area contributed by atoms with E-state index in [0.29, 0.717) is 10.8 Å². The van der Waals surface area contributed by atoms with Gasteiger partial charge in [0.1, 0.15) is 5.15 Å². The molecule has 0 atom stereocenters. The molecule has 0 fully saturated rings. The van der Waals surface area contributed by atoms with Gasteiger partial charge in [0.2, 0.25) is 0 Å². The molecule has 16 heavy (non-hydrogen) atoms. The minimum atomic E-state index is 0.460. The molecule has 0 saturated heterocycles. The first-order chi connectivity index (χ1) is 7.66. The van der Waals surface area contributed by atoms with E-state index >= 15 is 0 Å². The van der Waals surface area contributed by atoms with E-state index in [1.54, 1.807) is 23.5 Å². The fourth-order valence-electron chi connectivity index (χ4n) is 1.47. The second-order valence-corrected chi connectivity index (χ2v) is 4.70. The summed E-state index contributed by atoms with van der Waals surface area (Å²) in [5.74, 6) is 0.721. The summed E-state index contributed by atoms with van der Waals surface area (Å²) in [6.07, 6.45) is 0. The van der Waals surface area contributed by atoms with Crippen molar-refractivity contribution in [1.82, 2.24) is 4.98 Å². The van der Waals surface area contributed by atoms with Crippen LogP contribution in [0.5, 0.6) is 0 Å². The molecule has 2 rings (SSSR count). The number of pyridine rings is 1. The molecule has 0 aliphatic carbocycles. The highest BCUT2D eigenvalue weighted by Crippen LogP contribution is 2.23. The molecule has 0 unspecified atom stereocenters. The third kappa shape index (κ3) is 2.46. The van der Waals surface area contributed by atoms with E-state index in [0.717, 1.165) is 12.4 Å². The van der Waals surface area contributed by atoms with Gasteiger partial charge in [0, 0.05) is 13.6 Å². The Balaban J connectivity index is 2.20. The molecular weight excluding hydrogens is 242 g/mol. The first-order valence-corrected chi connectivity index (χ1v) is 6.13. The van der Waals surface area contributed by atoms with Gasteiger partial charge < -0.3 is 10.6 Å². The molecule has 0 aromatic carbocycles. The predicted octanol–water partition coefficient (Wildman–Crippen LogP) is 3.02. The van der Waals surface area contributed by atoms with Gasteiger partial charge >= 0.3 is 0 Å². The third-order valence-electron chi connectivity index (χ3n) is 2.23. The molecule has 0 aliphatic rings. The van der Waals surface area contributed by atoms with Crippen molar-refractivity contribution in [2.45, 2.75) is 6.54 Å². The number of nitrogens with two attached hydrogens (primary N) is 1. The van der Waals surface area contributed by atoms with Crippen molar-refractivity contribution in [3.63, 3.8) is 0 Å². The van der Waals surface area contributed by atoms with E-state index < -0.39 is 0 Å². The Morgan fingerprint density at radius 1 is 1.44 bits per heavy atom. The van der Waals surface area contributed by atoms with Crippen molar-refractivity contribution >= 4 is 34.4 Å². The molecule has 2 heterocycles. The topological polar surface area (TPSA) is 42.2 Å². The van der Waals surface area contributed by atoms with Gasteiger partial charge in [0.25, 0.3) is 0 Å². The molecule has 0 aliphatic heterocycles. The molecule has 0 bridgehead atoms. The lowest BCUT2D eigenvalue weighted by molar-refractivity contribution is 0.904. The zero-order valence-corrected chi connectivity index (χ0v) is 10.4. The summed E-state index contributed by atoms with van der Waals surface area (Å²) in [5, 5.41) is 4.62. The molecule has 2 aromatic rings. The van der Waals surface area contributed by atoms with Crippen LogP contribution in [-0.4, -0.2) is 12.0 Å². The average molecular weight is 254 g/mol. The molecule has 0 saturated carbocycles. The lowest BCUT2D eigenvalue weighted by atomic mass is 10.3. The minimum absolute atomic E-state index is 0.460. The highest BCUT2D eigenvalue weighted by Gasteiger charge is 2.08. The summed E-state index contributed by atoms with van der Waals surface area (Å²) in [6.45, 7) is 0.779. The van der Waals surface area contributed by atoms with Crippen LogP contribution in [0.4, 0.5) is 11.5 Å². The predicted molar refractivity (Wildman–Crippen MR) is 70.1 cm³/mol. The van der Waals surface area contributed by atoms with Crippen LogP contribution in [0, 0.1) is 0 Å². The van der Waals surface area contributed by atoms with Crippen molar-refractivity contribution < 1.29 is 0 Å². The van der Waals surface area contributed by atoms with Gasteiger partial charge in [-0.25, -0.2) is 4.98 Å². The molecule has 2 N–H and O–H groups in total. The van der Waals surface area contributed by atoms with Crippen molar-refractivity contribution in [3.8, 4) is 0 Å². The second kappa shape index (κ2) is 4.72. The van der Waals surface area contributed by atoms with E-state index in [2.05, 4.69) is 21.8 Å². The zero-order chi connectivity index (χ0) is 11.5. The number of rotatable bonds is 3. The maximum Gasteiger partial charge on any atom is 0.153 e. The molecule has 0 radical (unpaired) electrons. The summed E-state index contributed by atoms with van der Waals surface area (Å²) in [5.41, 5.74) is 7.74. The second-order valence-electron chi connectivity index (χ2n) is 3.53. The number of halogens is 1. The summed E-state index contributed by atoms with van der Waals surface area (Å²) in [6, 6.07) is 5.55. The number of nitrogen functional groups attached to an aromatic ring is 1. The average Bonchev–Trinajstić information content (AvgIpc) is 2.74. The molecule has 5 heteroatoms. The van der Waals surface area contributed by atoms with Gasteiger partial charge in [0.05, 0.1) is 5.69 Å². The number of nitrogens with zero attached hydrogens (tertiary/aromatic N) is 2. The smallest absolute Gasteiger partial charge is 0.153 e. The van der Waals surface area contributed by atoms with Crippen LogP contribution in [0.15, 0.2) is 29.0 Å². The first-order valence-electron chi connectivity index (χ1n) is 4.81. The Morgan fingerprint density at radius 2 is 2.25 bits per heavy atom. The van der Waals surface area contributed by atoms with E-state index in [1.807, 2.05) is 11.9 Å². The number of thiophene rings is 1. The number of hydrogen-bond donors (Lipinski definition) is 1. The van der Waals surface area contributed by atoms with Crippen LogP contribution in [-0.2, 0) is 6.54 Å². The lowest BCUT2D eigenvalue weighted by Gasteiger charge is -2.19. The highest BCUT2D eigenvalue weighted by atomic mass is 35.5. The van der Waals surface area contributed by atoms with Crippen molar-refractivity contribution in [2.75, 3.05) is 17.7 Å². The van der Waals surface area contributed by atoms with Gasteiger partial charge in [-0.05, 0) is 34.5 Å². The summed E-state index contributed by atoms with van der Waals surface area (Å²) >= 11 is 7.53. The summed E-state index contributed by atoms with van der Waals surface area (Å²) in [7, 11) is 1.95. The monoisotopic (exact) mass is 253 g/mol. The van der Waals surface area contributed by atoms with Gasteiger partial charge in [-0.2, -0.15) is 11.3 Å². The van der Waals surface area contributed by atoms with E-state index in [9.17, 15) is 0 Å². The van der Waals surface area contributed by atoms with Crippen molar-refractivity contribution in [2.24, 2.45) is 0 Å². The SMILES string of the molecule is CN(Cc1ccsc1)c1nc(Cl)ccc1N. The molecule has 0 spiro atoms. The van der Waals surface area contributed by atoms with E-state index in [4.69, 9.17) is 17.3 Å². The Bertz CT molecular complexity index is 470. The molecule has 3 nitrogen and oxygen atoms in total. The quantitative estimate of drug-likeness (QED) is 0.855. The maximum atomic E-state index is 5.86. The van der Waals surface area contributed by atoms with Crippen LogP contribution < -0.4 is 10.6 Å². The minimum Gasteiger partial charge on any atom is -0.396 e. The Kier molecular flexibility index (Phi) is 3.31. The van der Waals surface area contributed by atoms with E-state index in [-0.39, 0.29) is 0 Å². The fraction of sp³-hybridized carbons (Fsp3) is 0.182. The van der Waals surface area contributed by atoms with Gasteiger partial charge in [-0.1, -0.05) is 11.6 Å². The molecule has 0 amide bonds. The Hall–Kier alpha value is -1.26. The molecule has 84 valence electrons. The number of hydrogen-bond acceptors (Lipinski definition) is 4. The molecular formula is C11H12ClN3S. The van der Waals surface area contributed by atoms with Crippen LogP contribution >= 0.6 is 22.9 Å². The van der Waals surface area contributed by atoms with Crippen LogP contribution in [0.2, 0.25) is 5.15 Å². The first kappa shape index (κ1) is 11.2. The normalized spacial score (nSPS) is 10.4. The zero-order valence-electron chi connectivity index (χ0n) is 8.85. The Morgan fingerprint density at radius 3 is 2.94 bits per heavy atom. The maximum absolute atomic E-state index is 5.86. The third-order valence-corrected chi connectivity index (χ3v) is 3.18. The van der Waals surface area contributed by atoms with E-state index in [1.165, 1.54) is 5.56 Å². The summed E-state index contributed by atoms with van der Waals surface area (Å²) < 4.78 is 0. The molecule has 2 aromatic heterocycles. The largest absolute Gasteiger partial charge is 0.396 e. The van der Waals surface area contributed by atoms with Crippen molar-refractivity contribution in [3.05, 3.63) is 39.7 Å². The van der Waals surface area contributed by atoms with Gasteiger partial charge in [-0.3, -0.25) is 0 Å². The highest BCUT2D eigenvalue weighted by molar-refractivity contribution is 7.07. The lowest BCUT2D eigenvalue weighted by Crippen LogP contribution is -2.18. The number of anilines is 2.